The number of benzene rings is 1. The van der Waals surface area contributed by atoms with Gasteiger partial charge in [0, 0.05) is 7.05 Å². The van der Waals surface area contributed by atoms with Crippen LogP contribution in [-0.4, -0.2) is 26.6 Å². The van der Waals surface area contributed by atoms with Crippen LogP contribution in [0.2, 0.25) is 0 Å². The van der Waals surface area contributed by atoms with Gasteiger partial charge in [-0.2, -0.15) is 13.2 Å². The van der Waals surface area contributed by atoms with E-state index in [1.807, 2.05) is 0 Å². The van der Waals surface area contributed by atoms with Gasteiger partial charge in [0.25, 0.3) is 0 Å². The molecule has 0 saturated heterocycles. The SMILES string of the molecule is CNC(=O)C(C)S(=O)(=O)c1cccc(C(F)(F)F)c1. The highest BCUT2D eigenvalue weighted by atomic mass is 32.2. The summed E-state index contributed by atoms with van der Waals surface area (Å²) >= 11 is 0. The van der Waals surface area contributed by atoms with Gasteiger partial charge in [0.2, 0.25) is 5.91 Å². The summed E-state index contributed by atoms with van der Waals surface area (Å²) in [6, 6.07) is 3.31. The van der Waals surface area contributed by atoms with E-state index in [-0.39, 0.29) is 0 Å². The van der Waals surface area contributed by atoms with Crippen molar-refractivity contribution in [3.05, 3.63) is 29.8 Å². The maximum absolute atomic E-state index is 12.5. The third kappa shape index (κ3) is 3.25. The zero-order chi connectivity index (χ0) is 14.8. The summed E-state index contributed by atoms with van der Waals surface area (Å²) in [5.41, 5.74) is -1.07. The first-order valence-electron chi connectivity index (χ1n) is 5.23. The predicted molar refractivity (Wildman–Crippen MR) is 62.2 cm³/mol. The van der Waals surface area contributed by atoms with Crippen LogP contribution in [-0.2, 0) is 20.8 Å². The highest BCUT2D eigenvalue weighted by Crippen LogP contribution is 2.31. The standard InChI is InChI=1S/C11H12F3NO3S/c1-7(10(16)15-2)19(17,18)9-5-3-4-8(6-9)11(12,13)14/h3-7H,1-2H3,(H,15,16). The molecule has 1 rings (SSSR count). The molecule has 0 heterocycles. The Hall–Kier alpha value is -1.57. The number of hydrogen-bond donors (Lipinski definition) is 1. The zero-order valence-electron chi connectivity index (χ0n) is 10.2. The Kier molecular flexibility index (Phi) is 4.24. The van der Waals surface area contributed by atoms with Gasteiger partial charge in [-0.1, -0.05) is 6.07 Å². The van der Waals surface area contributed by atoms with Gasteiger partial charge in [-0.3, -0.25) is 4.79 Å². The molecule has 1 aromatic carbocycles. The number of amides is 1. The number of carbonyl (C=O) groups excluding carboxylic acids is 1. The molecule has 0 radical (unpaired) electrons. The van der Waals surface area contributed by atoms with Crippen molar-refractivity contribution < 1.29 is 26.4 Å². The Morgan fingerprint density at radius 2 is 1.89 bits per heavy atom. The highest BCUT2D eigenvalue weighted by Gasteiger charge is 2.34. The first-order chi connectivity index (χ1) is 8.60. The van der Waals surface area contributed by atoms with E-state index in [0.717, 1.165) is 25.1 Å². The van der Waals surface area contributed by atoms with Gasteiger partial charge in [-0.25, -0.2) is 8.42 Å². The molecule has 1 unspecified atom stereocenters. The van der Waals surface area contributed by atoms with Crippen LogP contribution < -0.4 is 5.32 Å². The fourth-order valence-corrected chi connectivity index (χ4v) is 2.77. The van der Waals surface area contributed by atoms with E-state index < -0.39 is 37.6 Å². The van der Waals surface area contributed by atoms with Crippen molar-refractivity contribution >= 4 is 15.7 Å². The van der Waals surface area contributed by atoms with E-state index in [1.165, 1.54) is 7.05 Å². The summed E-state index contributed by atoms with van der Waals surface area (Å²) in [5, 5.41) is 0.688. The Morgan fingerprint density at radius 3 is 2.37 bits per heavy atom. The first-order valence-corrected chi connectivity index (χ1v) is 6.78. The molecule has 106 valence electrons. The highest BCUT2D eigenvalue weighted by molar-refractivity contribution is 7.92. The molecule has 0 aliphatic heterocycles. The second kappa shape index (κ2) is 5.20. The largest absolute Gasteiger partial charge is 0.416 e. The normalized spacial score (nSPS) is 13.9. The van der Waals surface area contributed by atoms with Crippen molar-refractivity contribution in [2.45, 2.75) is 23.2 Å². The van der Waals surface area contributed by atoms with Gasteiger partial charge in [0.1, 0.15) is 5.25 Å². The minimum Gasteiger partial charge on any atom is -0.358 e. The topological polar surface area (TPSA) is 63.2 Å². The van der Waals surface area contributed by atoms with E-state index in [1.54, 1.807) is 0 Å². The summed E-state index contributed by atoms with van der Waals surface area (Å²) in [6.07, 6.45) is -4.64. The minimum absolute atomic E-state index is 0.523. The van der Waals surface area contributed by atoms with E-state index in [2.05, 4.69) is 5.32 Å². The molecule has 0 aromatic heterocycles. The molecule has 0 saturated carbocycles. The molecule has 1 aromatic rings. The Balaban J connectivity index is 3.27. The van der Waals surface area contributed by atoms with Crippen molar-refractivity contribution in [1.82, 2.24) is 5.32 Å². The van der Waals surface area contributed by atoms with Gasteiger partial charge in [-0.05, 0) is 25.1 Å². The van der Waals surface area contributed by atoms with E-state index in [4.69, 9.17) is 0 Å². The van der Waals surface area contributed by atoms with Crippen LogP contribution in [0.3, 0.4) is 0 Å². The average Bonchev–Trinajstić information content (AvgIpc) is 2.36. The molecular formula is C11H12F3NO3S. The number of carbonyl (C=O) groups is 1. The van der Waals surface area contributed by atoms with Crippen LogP contribution in [0.15, 0.2) is 29.2 Å². The Labute approximate surface area is 108 Å². The molecule has 0 spiro atoms. The summed E-state index contributed by atoms with van der Waals surface area (Å²) in [4.78, 5) is 10.8. The van der Waals surface area contributed by atoms with Crippen LogP contribution >= 0.6 is 0 Å². The molecule has 0 bridgehead atoms. The number of hydrogen-bond acceptors (Lipinski definition) is 3. The second-order valence-corrected chi connectivity index (χ2v) is 6.10. The summed E-state index contributed by atoms with van der Waals surface area (Å²) in [7, 11) is -2.89. The molecular weight excluding hydrogens is 283 g/mol. The van der Waals surface area contributed by atoms with Crippen molar-refractivity contribution in [3.8, 4) is 0 Å². The van der Waals surface area contributed by atoms with Crippen LogP contribution in [0, 0.1) is 0 Å². The maximum atomic E-state index is 12.5. The second-order valence-electron chi connectivity index (χ2n) is 3.83. The first kappa shape index (κ1) is 15.5. The van der Waals surface area contributed by atoms with E-state index in [9.17, 15) is 26.4 Å². The van der Waals surface area contributed by atoms with Crippen molar-refractivity contribution in [2.75, 3.05) is 7.05 Å². The lowest BCUT2D eigenvalue weighted by Crippen LogP contribution is -2.35. The summed E-state index contributed by atoms with van der Waals surface area (Å²) in [5.74, 6) is -0.780. The number of rotatable bonds is 3. The smallest absolute Gasteiger partial charge is 0.358 e. The third-order valence-electron chi connectivity index (χ3n) is 2.57. The van der Waals surface area contributed by atoms with E-state index >= 15 is 0 Å². The molecule has 8 heteroatoms. The van der Waals surface area contributed by atoms with Crippen LogP contribution in [0.1, 0.15) is 12.5 Å². The van der Waals surface area contributed by atoms with Crippen molar-refractivity contribution in [2.24, 2.45) is 0 Å². The molecule has 0 fully saturated rings. The van der Waals surface area contributed by atoms with Crippen molar-refractivity contribution in [1.29, 1.82) is 0 Å². The van der Waals surface area contributed by atoms with Gasteiger partial charge in [0.05, 0.1) is 10.5 Å². The number of sulfone groups is 1. The molecule has 4 nitrogen and oxygen atoms in total. The fraction of sp³-hybridized carbons (Fsp3) is 0.364. The minimum atomic E-state index is -4.64. The van der Waals surface area contributed by atoms with Crippen molar-refractivity contribution in [3.63, 3.8) is 0 Å². The molecule has 0 aliphatic rings. The number of halogens is 3. The molecule has 1 amide bonds. The Morgan fingerprint density at radius 1 is 1.32 bits per heavy atom. The van der Waals surface area contributed by atoms with Crippen LogP contribution in [0.5, 0.6) is 0 Å². The van der Waals surface area contributed by atoms with Crippen LogP contribution in [0.25, 0.3) is 0 Å². The maximum Gasteiger partial charge on any atom is 0.416 e. The molecule has 1 atom stereocenters. The van der Waals surface area contributed by atoms with Gasteiger partial charge < -0.3 is 5.32 Å². The molecule has 0 aliphatic carbocycles. The molecule has 1 N–H and O–H groups in total. The van der Waals surface area contributed by atoms with Gasteiger partial charge in [0.15, 0.2) is 9.84 Å². The molecule has 19 heavy (non-hydrogen) atoms. The lowest BCUT2D eigenvalue weighted by molar-refractivity contribution is -0.137. The van der Waals surface area contributed by atoms with Gasteiger partial charge in [-0.15, -0.1) is 0 Å². The van der Waals surface area contributed by atoms with Crippen LogP contribution in [0.4, 0.5) is 13.2 Å². The third-order valence-corrected chi connectivity index (χ3v) is 4.63. The van der Waals surface area contributed by atoms with E-state index in [0.29, 0.717) is 6.07 Å². The zero-order valence-corrected chi connectivity index (χ0v) is 11.0. The lowest BCUT2D eigenvalue weighted by atomic mass is 10.2. The van der Waals surface area contributed by atoms with Gasteiger partial charge >= 0.3 is 6.18 Å². The quantitative estimate of drug-likeness (QED) is 0.921. The number of nitrogens with one attached hydrogen (secondary N) is 1. The Bertz CT molecular complexity index is 581. The summed E-state index contributed by atoms with van der Waals surface area (Å²) < 4.78 is 61.5. The average molecular weight is 295 g/mol. The lowest BCUT2D eigenvalue weighted by Gasteiger charge is -2.13. The predicted octanol–water partition coefficient (Wildman–Crippen LogP) is 1.61. The fourth-order valence-electron chi connectivity index (χ4n) is 1.40. The monoisotopic (exact) mass is 295 g/mol. The summed E-state index contributed by atoms with van der Waals surface area (Å²) in [6.45, 7) is 1.12. The number of alkyl halides is 3.